The molecule has 5 heterocycles. The molecule has 0 unspecified atom stereocenters. The smallest absolute Gasteiger partial charge is 0.320 e. The first-order chi connectivity index (χ1) is 36.3. The van der Waals surface area contributed by atoms with Gasteiger partial charge in [0.15, 0.2) is 29.7 Å². The molecule has 1 aromatic carbocycles. The molecule has 19 atom stereocenters. The minimum atomic E-state index is -1.46. The van der Waals surface area contributed by atoms with Crippen LogP contribution >= 0.6 is 11.8 Å². The monoisotopic (exact) mass is 1100 g/mol. The predicted octanol–water partition coefficient (Wildman–Crippen LogP) is 6.66. The lowest BCUT2D eigenvalue weighted by Gasteiger charge is -2.50. The molecule has 20 heteroatoms. The number of benzene rings is 1. The highest BCUT2D eigenvalue weighted by molar-refractivity contribution is 8.00. The molecule has 1 amide bonds. The van der Waals surface area contributed by atoms with Crippen molar-refractivity contribution in [1.82, 2.24) is 9.88 Å². The zero-order chi connectivity index (χ0) is 56.9. The second kappa shape index (κ2) is 26.1. The molecule has 0 spiro atoms. The second-order valence-electron chi connectivity index (χ2n) is 22.5. The summed E-state index contributed by atoms with van der Waals surface area (Å²) in [6.07, 6.45) is -3.29. The average molecular weight is 1100 g/mol. The maximum Gasteiger partial charge on any atom is 0.320 e. The van der Waals surface area contributed by atoms with E-state index in [0.29, 0.717) is 53.3 Å². The maximum absolute atomic E-state index is 15.3. The number of cyclic esters (lactones) is 1. The molecule has 0 radical (unpaired) electrons. The van der Waals surface area contributed by atoms with E-state index in [4.69, 9.17) is 47.4 Å². The van der Waals surface area contributed by atoms with Crippen LogP contribution in [0.5, 0.6) is 11.5 Å². The summed E-state index contributed by atoms with van der Waals surface area (Å²) in [5.41, 5.74) is -2.26. The topological polar surface area (TPSA) is 229 Å². The van der Waals surface area contributed by atoms with Crippen molar-refractivity contribution in [3.05, 3.63) is 47.8 Å². The number of nitrogens with one attached hydrogen (secondary N) is 1. The number of thioether (sulfide) groups is 1. The number of fused-ring (bicyclic) bond motifs is 1. The number of amides is 1. The summed E-state index contributed by atoms with van der Waals surface area (Å²) in [6, 6.07) is 6.43. The fourth-order valence-electron chi connectivity index (χ4n) is 12.4. The Morgan fingerprint density at radius 3 is 2.16 bits per heavy atom. The Morgan fingerprint density at radius 2 is 1.55 bits per heavy atom. The second-order valence-corrected chi connectivity index (χ2v) is 23.8. The fraction of sp³-hybridized carbons (Fsp3) is 0.737. The Hall–Kier alpha value is -3.96. The van der Waals surface area contributed by atoms with Gasteiger partial charge in [-0.2, -0.15) is 0 Å². The number of methoxy groups -OCH3 is 4. The van der Waals surface area contributed by atoms with Crippen LogP contribution in [0.2, 0.25) is 0 Å². The SMILES string of the molecule is CC[C@H]1OC(=O)[C@H](C)[C@@H](O[C@H]2C[C@@](C)(OC)[C@@H](O)[C@H](C)O2)[C@H](C)[C@@H](O[C@@H]2O[C@H](C)C[C@H](N(C)C)[C@H]2O)[C@](C)(OC)C[C@@H](C)C(=O)[C@H](C)[C@H]2[C@H](SCCCc3c(C(=O)Nc4ccncc4)ccc(OC)c3OC)C(=O)O[C@@]21C. The number of carbonyl (C=O) groups is 4. The number of esters is 2. The Balaban J connectivity index is 1.37. The number of aliphatic hydroxyl groups is 2. The van der Waals surface area contributed by atoms with Crippen molar-refractivity contribution < 1.29 is 76.8 Å². The third-order valence-corrected chi connectivity index (χ3v) is 18.3. The zero-order valence-corrected chi connectivity index (χ0v) is 48.9. The van der Waals surface area contributed by atoms with Gasteiger partial charge in [-0.15, -0.1) is 11.8 Å². The van der Waals surface area contributed by atoms with Crippen LogP contribution in [-0.2, 0) is 58.7 Å². The summed E-state index contributed by atoms with van der Waals surface area (Å²) in [6.45, 7) is 18.1. The van der Waals surface area contributed by atoms with Crippen LogP contribution in [0.4, 0.5) is 5.69 Å². The van der Waals surface area contributed by atoms with E-state index in [0.717, 1.165) is 0 Å². The Kier molecular flexibility index (Phi) is 21.1. The predicted molar refractivity (Wildman–Crippen MR) is 289 cm³/mol. The number of carbonyl (C=O) groups excluding carboxylic acids is 4. The summed E-state index contributed by atoms with van der Waals surface area (Å²) in [5.74, 6) is -4.51. The fourth-order valence-corrected chi connectivity index (χ4v) is 13.9. The van der Waals surface area contributed by atoms with E-state index >= 15 is 9.59 Å². The van der Waals surface area contributed by atoms with Gasteiger partial charge in [0.1, 0.15) is 29.3 Å². The lowest BCUT2D eigenvalue weighted by atomic mass is 9.70. The third-order valence-electron chi connectivity index (χ3n) is 17.0. The number of Topliss-reactive ketones (excluding diaryl/α,β-unsaturated/α-hetero) is 1. The first-order valence-electron chi connectivity index (χ1n) is 27.1. The molecule has 4 fully saturated rings. The number of anilines is 1. The number of ketones is 1. The molecule has 77 heavy (non-hydrogen) atoms. The molecule has 19 nitrogen and oxygen atoms in total. The summed E-state index contributed by atoms with van der Waals surface area (Å²) >= 11 is 1.36. The number of ether oxygens (including phenoxy) is 10. The highest BCUT2D eigenvalue weighted by Gasteiger charge is 2.62. The van der Waals surface area contributed by atoms with Gasteiger partial charge in [-0.05, 0) is 118 Å². The number of pyridine rings is 1. The molecule has 3 N–H and O–H groups in total. The van der Waals surface area contributed by atoms with Gasteiger partial charge in [0, 0.05) is 79.6 Å². The number of aliphatic hydroxyl groups excluding tert-OH is 2. The largest absolute Gasteiger partial charge is 0.493 e. The standard InChI is InChI=1S/C57H87N3O16S/c1-17-41-57(10)43(48(53(66)76-57)77-26-18-19-37-38(20-21-40(67-13)47(37)68-14)51(64)59-36-22-24-58-25-23-36)32(4)44(61)30(2)28-56(9,70-16)50(75-54-45(62)39(60(11)12)27-31(3)71-54)33(5)46(34(6)52(65)73-41)74-42-29-55(8,69-15)49(63)35(7)72-42/h20-25,30-35,39,41-43,45-46,48-50,54,62-63H,17-19,26-29H2,1-16H3,(H,58,59,64)/t30-,31-,32-,33+,34-,35+,39+,41-,42+,43+,45-,46+,48+,49+,50-,54+,55-,56-,57-/m1/s1. The molecule has 6 rings (SSSR count). The van der Waals surface area contributed by atoms with Crippen molar-refractivity contribution in [2.75, 3.05) is 53.6 Å². The highest BCUT2D eigenvalue weighted by atomic mass is 32.2. The minimum absolute atomic E-state index is 0.102. The normalized spacial score (nSPS) is 38.3. The van der Waals surface area contributed by atoms with E-state index in [9.17, 15) is 19.8 Å². The lowest BCUT2D eigenvalue weighted by molar-refractivity contribution is -0.319. The first kappa shape index (κ1) is 62.2. The molecule has 1 aromatic heterocycles. The van der Waals surface area contributed by atoms with Gasteiger partial charge in [0.2, 0.25) is 0 Å². The molecule has 0 saturated carbocycles. The van der Waals surface area contributed by atoms with Gasteiger partial charge < -0.3 is 67.8 Å². The highest BCUT2D eigenvalue weighted by Crippen LogP contribution is 2.50. The van der Waals surface area contributed by atoms with E-state index < -0.39 is 113 Å². The maximum atomic E-state index is 15.3. The van der Waals surface area contributed by atoms with Crippen molar-refractivity contribution in [3.8, 4) is 11.5 Å². The van der Waals surface area contributed by atoms with Gasteiger partial charge in [-0.1, -0.05) is 27.7 Å². The number of likely N-dealkylation sites (N-methyl/N-ethyl adjacent to an activating group) is 1. The molecular formula is C57H87N3O16S. The van der Waals surface area contributed by atoms with Gasteiger partial charge in [-0.25, -0.2) is 0 Å². The Labute approximate surface area is 459 Å². The number of rotatable bonds is 17. The molecule has 4 saturated heterocycles. The van der Waals surface area contributed by atoms with Crippen LogP contribution in [0, 0.1) is 29.6 Å². The van der Waals surface area contributed by atoms with Crippen LogP contribution < -0.4 is 14.8 Å². The van der Waals surface area contributed by atoms with Crippen LogP contribution in [0.1, 0.15) is 117 Å². The molecule has 4 aliphatic rings. The molecule has 2 aromatic rings. The van der Waals surface area contributed by atoms with Crippen LogP contribution in [0.25, 0.3) is 0 Å². The van der Waals surface area contributed by atoms with Crippen molar-refractivity contribution in [1.29, 1.82) is 0 Å². The van der Waals surface area contributed by atoms with Crippen molar-refractivity contribution >= 4 is 41.1 Å². The molecule has 4 aliphatic heterocycles. The van der Waals surface area contributed by atoms with Gasteiger partial charge in [0.05, 0.1) is 55.8 Å². The summed E-state index contributed by atoms with van der Waals surface area (Å²) in [7, 11) is 9.87. The summed E-state index contributed by atoms with van der Waals surface area (Å²) in [4.78, 5) is 64.7. The van der Waals surface area contributed by atoms with Crippen LogP contribution in [0.15, 0.2) is 36.7 Å². The van der Waals surface area contributed by atoms with Crippen molar-refractivity contribution in [2.24, 2.45) is 29.6 Å². The Morgan fingerprint density at radius 1 is 0.870 bits per heavy atom. The number of aromatic nitrogens is 1. The van der Waals surface area contributed by atoms with Crippen LogP contribution in [-0.4, -0.2) is 175 Å². The zero-order valence-electron chi connectivity index (χ0n) is 48.1. The molecule has 0 bridgehead atoms. The number of hydrogen-bond acceptors (Lipinski definition) is 19. The summed E-state index contributed by atoms with van der Waals surface area (Å²) in [5, 5.41) is 25.2. The van der Waals surface area contributed by atoms with E-state index in [1.54, 1.807) is 64.4 Å². The van der Waals surface area contributed by atoms with Gasteiger partial charge >= 0.3 is 11.9 Å². The summed E-state index contributed by atoms with van der Waals surface area (Å²) < 4.78 is 63.4. The Bertz CT molecular complexity index is 2330. The van der Waals surface area contributed by atoms with Crippen LogP contribution in [0.3, 0.4) is 0 Å². The number of nitrogens with zero attached hydrogens (tertiary/aromatic N) is 2. The van der Waals surface area contributed by atoms with E-state index in [2.05, 4.69) is 10.3 Å². The molecule has 0 aliphatic carbocycles. The lowest BCUT2D eigenvalue weighted by Crippen LogP contribution is -2.61. The van der Waals surface area contributed by atoms with Gasteiger partial charge in [0.25, 0.3) is 5.91 Å². The molecule has 432 valence electrons. The van der Waals surface area contributed by atoms with Crippen molar-refractivity contribution in [2.45, 2.75) is 191 Å². The first-order valence-corrected chi connectivity index (χ1v) is 28.2. The average Bonchev–Trinajstić information content (AvgIpc) is 3.69. The third kappa shape index (κ3) is 13.3. The minimum Gasteiger partial charge on any atom is -0.493 e. The molecular weight excluding hydrogens is 1010 g/mol. The number of hydrogen-bond donors (Lipinski definition) is 3. The van der Waals surface area contributed by atoms with E-state index in [1.165, 1.54) is 40.2 Å². The van der Waals surface area contributed by atoms with Gasteiger partial charge in [-0.3, -0.25) is 24.2 Å². The van der Waals surface area contributed by atoms with Crippen molar-refractivity contribution in [3.63, 3.8) is 0 Å². The van der Waals surface area contributed by atoms with E-state index in [1.807, 2.05) is 60.5 Å². The van der Waals surface area contributed by atoms with E-state index in [-0.39, 0.29) is 43.1 Å². The quantitative estimate of drug-likeness (QED) is 0.111.